The number of nitrogens with one attached hydrogen (secondary N) is 1. The number of benzene rings is 2. The molecular weight excluding hydrogens is 314 g/mol. The molecule has 0 bridgehead atoms. The van der Waals surface area contributed by atoms with Crippen LogP contribution in [0.4, 0.5) is 5.69 Å². The van der Waals surface area contributed by atoms with Crippen LogP contribution >= 0.6 is 11.3 Å². The van der Waals surface area contributed by atoms with Gasteiger partial charge in [0.15, 0.2) is 0 Å². The molecule has 0 aliphatic heterocycles. The van der Waals surface area contributed by atoms with Crippen molar-refractivity contribution in [1.82, 2.24) is 0 Å². The number of anilines is 1. The first-order chi connectivity index (χ1) is 11.7. The number of carbonyl (C=O) groups excluding carboxylic acids is 1. The van der Waals surface area contributed by atoms with Crippen LogP contribution in [0.5, 0.6) is 0 Å². The van der Waals surface area contributed by atoms with Crippen LogP contribution < -0.4 is 5.32 Å². The highest BCUT2D eigenvalue weighted by Gasteiger charge is 2.07. The monoisotopic (exact) mass is 337 g/mol. The second kappa shape index (κ2) is 9.04. The number of aryl methyl sites for hydroxylation is 2. The lowest BCUT2D eigenvalue weighted by molar-refractivity contribution is 0.112. The summed E-state index contributed by atoms with van der Waals surface area (Å²) in [6.45, 7) is 4.31. The lowest BCUT2D eigenvalue weighted by Crippen LogP contribution is -1.84. The third-order valence-electron chi connectivity index (χ3n) is 3.67. The van der Waals surface area contributed by atoms with Crippen molar-refractivity contribution in [3.63, 3.8) is 0 Å². The van der Waals surface area contributed by atoms with Gasteiger partial charge >= 0.3 is 0 Å². The van der Waals surface area contributed by atoms with Crippen molar-refractivity contribution in [3.8, 4) is 11.1 Å². The van der Waals surface area contributed by atoms with E-state index >= 15 is 0 Å². The van der Waals surface area contributed by atoms with Gasteiger partial charge in [0.2, 0.25) is 0 Å². The number of hydrogen-bond acceptors (Lipinski definition) is 3. The summed E-state index contributed by atoms with van der Waals surface area (Å²) in [5.41, 5.74) is 4.40. The molecule has 0 amide bonds. The Hall–Kier alpha value is -2.39. The number of thiophene rings is 1. The molecule has 0 aliphatic carbocycles. The minimum atomic E-state index is 0.730. The Morgan fingerprint density at radius 2 is 1.71 bits per heavy atom. The van der Waals surface area contributed by atoms with Crippen LogP contribution in [0.2, 0.25) is 0 Å². The van der Waals surface area contributed by atoms with Gasteiger partial charge in [-0.3, -0.25) is 4.79 Å². The highest BCUT2D eigenvalue weighted by Crippen LogP contribution is 2.31. The molecule has 24 heavy (non-hydrogen) atoms. The maximum Gasteiger partial charge on any atom is 0.150 e. The summed E-state index contributed by atoms with van der Waals surface area (Å²) in [6.07, 6.45) is 1.94. The van der Waals surface area contributed by atoms with Crippen LogP contribution in [0.15, 0.2) is 60.7 Å². The predicted octanol–water partition coefficient (Wildman–Crippen LogP) is 5.83. The Bertz CT molecular complexity index is 760. The molecule has 1 N–H and O–H groups in total. The number of carbonyl (C=O) groups is 1. The van der Waals surface area contributed by atoms with Gasteiger partial charge < -0.3 is 5.32 Å². The lowest BCUT2D eigenvalue weighted by atomic mass is 10.0. The zero-order chi connectivity index (χ0) is 17.4. The number of aldehydes is 1. The summed E-state index contributed by atoms with van der Waals surface area (Å²) in [7, 11) is 1.91. The molecule has 3 heteroatoms. The van der Waals surface area contributed by atoms with Crippen molar-refractivity contribution < 1.29 is 4.79 Å². The van der Waals surface area contributed by atoms with E-state index in [0.29, 0.717) is 0 Å². The molecule has 1 heterocycles. The van der Waals surface area contributed by atoms with Crippen LogP contribution in [0.3, 0.4) is 0 Å². The largest absolute Gasteiger partial charge is 0.388 e. The van der Waals surface area contributed by atoms with Crippen molar-refractivity contribution in [1.29, 1.82) is 0 Å². The van der Waals surface area contributed by atoms with Crippen LogP contribution in [0.1, 0.15) is 27.0 Å². The minimum absolute atomic E-state index is 0.730. The number of rotatable bonds is 4. The van der Waals surface area contributed by atoms with Crippen molar-refractivity contribution in [2.45, 2.75) is 20.3 Å². The Balaban J connectivity index is 0.000000219. The standard InChI is InChI=1S/C14H14OS.C7H9N/c1-3-14-13(8-10(2)16-14)12-6-4-11(9-15)5-7-12;1-8-7-5-3-2-4-6-7/h4-9H,3H2,1-2H3;2-6,8H,1H3. The molecule has 0 fully saturated rings. The van der Waals surface area contributed by atoms with Crippen LogP contribution in [-0.4, -0.2) is 13.3 Å². The van der Waals surface area contributed by atoms with Crippen LogP contribution in [0, 0.1) is 6.92 Å². The van der Waals surface area contributed by atoms with Crippen LogP contribution in [-0.2, 0) is 6.42 Å². The Kier molecular flexibility index (Phi) is 6.76. The average molecular weight is 337 g/mol. The van der Waals surface area contributed by atoms with Gasteiger partial charge in [-0.15, -0.1) is 11.3 Å². The fourth-order valence-electron chi connectivity index (χ4n) is 2.42. The molecular formula is C21H23NOS. The van der Waals surface area contributed by atoms with Crippen molar-refractivity contribution >= 4 is 23.3 Å². The van der Waals surface area contributed by atoms with E-state index in [1.54, 1.807) is 0 Å². The molecule has 124 valence electrons. The Labute approximate surface area is 148 Å². The summed E-state index contributed by atoms with van der Waals surface area (Å²) >= 11 is 1.85. The zero-order valence-corrected chi connectivity index (χ0v) is 15.2. The SMILES string of the molecule is CCc1sc(C)cc1-c1ccc(C=O)cc1.CNc1ccccc1. The van der Waals surface area contributed by atoms with E-state index in [1.165, 1.54) is 20.9 Å². The van der Waals surface area contributed by atoms with E-state index in [2.05, 4.69) is 25.2 Å². The summed E-state index contributed by atoms with van der Waals surface area (Å²) < 4.78 is 0. The van der Waals surface area contributed by atoms with E-state index in [9.17, 15) is 4.79 Å². The summed E-state index contributed by atoms with van der Waals surface area (Å²) in [5, 5.41) is 3.03. The van der Waals surface area contributed by atoms with Gasteiger partial charge in [0.25, 0.3) is 0 Å². The lowest BCUT2D eigenvalue weighted by Gasteiger charge is -2.01. The molecule has 0 spiro atoms. The van der Waals surface area contributed by atoms with Gasteiger partial charge in [-0.25, -0.2) is 0 Å². The smallest absolute Gasteiger partial charge is 0.150 e. The molecule has 0 atom stereocenters. The molecule has 3 aromatic rings. The second-order valence-corrected chi connectivity index (χ2v) is 6.74. The predicted molar refractivity (Wildman–Crippen MR) is 105 cm³/mol. The molecule has 2 aromatic carbocycles. The van der Waals surface area contributed by atoms with Crippen molar-refractivity contribution in [2.75, 3.05) is 12.4 Å². The van der Waals surface area contributed by atoms with Gasteiger partial charge in [0.05, 0.1) is 0 Å². The zero-order valence-electron chi connectivity index (χ0n) is 14.4. The fourth-order valence-corrected chi connectivity index (χ4v) is 3.41. The highest BCUT2D eigenvalue weighted by atomic mass is 32.1. The molecule has 0 radical (unpaired) electrons. The molecule has 0 unspecified atom stereocenters. The summed E-state index contributed by atoms with van der Waals surface area (Å²) in [5.74, 6) is 0. The average Bonchev–Trinajstić information content (AvgIpc) is 3.04. The quantitative estimate of drug-likeness (QED) is 0.607. The van der Waals surface area contributed by atoms with Gasteiger partial charge in [-0.2, -0.15) is 0 Å². The van der Waals surface area contributed by atoms with E-state index in [4.69, 9.17) is 0 Å². The molecule has 0 saturated carbocycles. The maximum absolute atomic E-state index is 10.6. The molecule has 0 aliphatic rings. The van der Waals surface area contributed by atoms with Gasteiger partial charge in [-0.05, 0) is 42.7 Å². The Morgan fingerprint density at radius 1 is 1.04 bits per heavy atom. The third kappa shape index (κ3) is 4.80. The van der Waals surface area contributed by atoms with Gasteiger partial charge in [0, 0.05) is 28.1 Å². The number of hydrogen-bond donors (Lipinski definition) is 1. The fraction of sp³-hybridized carbons (Fsp3) is 0.190. The van der Waals surface area contributed by atoms with Gasteiger partial charge in [-0.1, -0.05) is 49.4 Å². The third-order valence-corrected chi connectivity index (χ3v) is 4.87. The summed E-state index contributed by atoms with van der Waals surface area (Å²) in [6, 6.07) is 20.1. The highest BCUT2D eigenvalue weighted by molar-refractivity contribution is 7.12. The molecule has 2 nitrogen and oxygen atoms in total. The van der Waals surface area contributed by atoms with E-state index in [-0.39, 0.29) is 0 Å². The first kappa shape index (κ1) is 18.0. The Morgan fingerprint density at radius 3 is 2.21 bits per heavy atom. The normalized spacial score (nSPS) is 9.79. The van der Waals surface area contributed by atoms with Gasteiger partial charge in [0.1, 0.15) is 6.29 Å². The number of para-hydroxylation sites is 1. The van der Waals surface area contributed by atoms with E-state index in [0.717, 1.165) is 24.0 Å². The molecule has 1 aromatic heterocycles. The topological polar surface area (TPSA) is 29.1 Å². The summed E-state index contributed by atoms with van der Waals surface area (Å²) in [4.78, 5) is 13.3. The first-order valence-electron chi connectivity index (χ1n) is 8.05. The second-order valence-electron chi connectivity index (χ2n) is 5.40. The van der Waals surface area contributed by atoms with Crippen molar-refractivity contribution in [2.24, 2.45) is 0 Å². The molecule has 0 saturated heterocycles. The molecule has 3 rings (SSSR count). The van der Waals surface area contributed by atoms with E-state index in [1.807, 2.05) is 73.0 Å². The maximum atomic E-state index is 10.6. The van der Waals surface area contributed by atoms with Crippen LogP contribution in [0.25, 0.3) is 11.1 Å². The van der Waals surface area contributed by atoms with E-state index < -0.39 is 0 Å². The first-order valence-corrected chi connectivity index (χ1v) is 8.87. The minimum Gasteiger partial charge on any atom is -0.388 e. The van der Waals surface area contributed by atoms with Crippen molar-refractivity contribution in [3.05, 3.63) is 76.0 Å².